The van der Waals surface area contributed by atoms with Crippen LogP contribution in [-0.4, -0.2) is 94.6 Å². The van der Waals surface area contributed by atoms with Crippen LogP contribution >= 0.6 is 21.6 Å². The summed E-state index contributed by atoms with van der Waals surface area (Å²) < 4.78 is 27.5. The van der Waals surface area contributed by atoms with Crippen molar-refractivity contribution in [2.45, 2.75) is 44.2 Å². The van der Waals surface area contributed by atoms with E-state index < -0.39 is 41.9 Å². The summed E-state index contributed by atoms with van der Waals surface area (Å²) in [5.74, 6) is 1.54. The number of hydrogen-bond donors (Lipinski definition) is 3. The molecule has 258 valence electrons. The van der Waals surface area contributed by atoms with Crippen molar-refractivity contribution in [1.29, 1.82) is 0 Å². The molecule has 21 heteroatoms. The normalized spacial score (nSPS) is 22.4. The molecule has 3 aliphatic rings. The zero-order chi connectivity index (χ0) is 34.0. The van der Waals surface area contributed by atoms with Crippen molar-refractivity contribution < 1.29 is 33.3 Å². The number of aromatic amines is 2. The van der Waals surface area contributed by atoms with Crippen LogP contribution in [0.4, 0.5) is 21.1 Å². The number of ether oxygens (including phenoxy) is 5. The minimum absolute atomic E-state index is 0.0119. The molecule has 2 aromatic rings. The number of hydrogen-bond acceptors (Lipinski definition) is 16. The van der Waals surface area contributed by atoms with E-state index in [1.807, 2.05) is 17.1 Å². The zero-order valence-corrected chi connectivity index (χ0v) is 27.3. The summed E-state index contributed by atoms with van der Waals surface area (Å²) in [5, 5.41) is 6.73. The molecule has 2 aromatic heterocycles. The van der Waals surface area contributed by atoms with Crippen LogP contribution in [-0.2, 0) is 23.7 Å². The fourth-order valence-corrected chi connectivity index (χ4v) is 6.91. The SMILES string of the molecule is Cc1cn([C@H]2C[C@H](N=[N+]=[N-])[C@@H](COC(=O)OCCSSCCOC(=O)OC[C@@H]3C=CC(N4CNc5c4nc[nH]c5=O)C3)O2)c(=O)[nH]c1=O. The number of aryl methyl sites for hydroxylation is 1. The summed E-state index contributed by atoms with van der Waals surface area (Å²) in [5.41, 5.74) is 8.24. The molecule has 0 aromatic carbocycles. The van der Waals surface area contributed by atoms with Gasteiger partial charge in [-0.25, -0.2) is 19.4 Å². The van der Waals surface area contributed by atoms with E-state index in [4.69, 9.17) is 29.2 Å². The molecule has 1 saturated heterocycles. The van der Waals surface area contributed by atoms with Gasteiger partial charge in [0.15, 0.2) is 5.82 Å². The van der Waals surface area contributed by atoms with E-state index in [2.05, 4.69) is 30.3 Å². The van der Waals surface area contributed by atoms with Gasteiger partial charge in [-0.05, 0) is 18.9 Å². The highest BCUT2D eigenvalue weighted by molar-refractivity contribution is 8.76. The Morgan fingerprint density at radius 3 is 2.52 bits per heavy atom. The number of carbonyl (C=O) groups excluding carboxylic acids is 2. The predicted octanol–water partition coefficient (Wildman–Crippen LogP) is 2.42. The van der Waals surface area contributed by atoms with Gasteiger partial charge in [0.2, 0.25) is 0 Å². The number of azide groups is 1. The lowest BCUT2D eigenvalue weighted by atomic mass is 10.1. The van der Waals surface area contributed by atoms with Crippen molar-refractivity contribution in [3.05, 3.63) is 71.9 Å². The van der Waals surface area contributed by atoms with Crippen LogP contribution in [0, 0.1) is 12.8 Å². The van der Waals surface area contributed by atoms with E-state index in [-0.39, 0.29) is 50.4 Å². The first-order valence-electron chi connectivity index (χ1n) is 14.8. The lowest BCUT2D eigenvalue weighted by Gasteiger charge is -2.24. The maximum atomic E-state index is 12.2. The van der Waals surface area contributed by atoms with E-state index in [0.29, 0.717) is 41.7 Å². The molecule has 3 N–H and O–H groups in total. The van der Waals surface area contributed by atoms with E-state index in [0.717, 1.165) is 0 Å². The van der Waals surface area contributed by atoms with Crippen molar-refractivity contribution in [3.8, 4) is 0 Å². The lowest BCUT2D eigenvalue weighted by molar-refractivity contribution is -0.0415. The van der Waals surface area contributed by atoms with Crippen molar-refractivity contribution in [2.24, 2.45) is 11.0 Å². The van der Waals surface area contributed by atoms with Crippen molar-refractivity contribution in [1.82, 2.24) is 19.5 Å². The van der Waals surface area contributed by atoms with Crippen LogP contribution in [0.1, 0.15) is 24.6 Å². The largest absolute Gasteiger partial charge is 0.508 e. The average Bonchev–Trinajstić information content (AvgIpc) is 3.81. The first kappa shape index (κ1) is 34.7. The van der Waals surface area contributed by atoms with E-state index in [1.165, 1.54) is 45.6 Å². The Hall–Kier alpha value is -4.59. The molecule has 2 aliphatic heterocycles. The molecular weight excluding hydrogens is 674 g/mol. The molecule has 19 nitrogen and oxygen atoms in total. The molecule has 0 amide bonds. The molecule has 5 atom stereocenters. The Balaban J connectivity index is 0.894. The number of anilines is 2. The highest BCUT2D eigenvalue weighted by Gasteiger charge is 2.37. The van der Waals surface area contributed by atoms with Gasteiger partial charge < -0.3 is 38.9 Å². The first-order chi connectivity index (χ1) is 23.2. The summed E-state index contributed by atoms with van der Waals surface area (Å²) >= 11 is 0. The molecule has 5 rings (SSSR count). The number of H-pyrrole nitrogens is 2. The summed E-state index contributed by atoms with van der Waals surface area (Å²) in [6, 6.07) is -0.691. The van der Waals surface area contributed by atoms with Gasteiger partial charge in [-0.3, -0.25) is 19.1 Å². The number of rotatable bonds is 14. The molecule has 0 saturated carbocycles. The van der Waals surface area contributed by atoms with Gasteiger partial charge in [0.25, 0.3) is 11.1 Å². The fourth-order valence-electron chi connectivity index (χ4n) is 5.26. The van der Waals surface area contributed by atoms with E-state index in [9.17, 15) is 24.0 Å². The summed E-state index contributed by atoms with van der Waals surface area (Å²) in [6.45, 7) is 2.10. The maximum Gasteiger partial charge on any atom is 0.508 e. The monoisotopic (exact) mass is 707 g/mol. The smallest absolute Gasteiger partial charge is 0.434 e. The third-order valence-electron chi connectivity index (χ3n) is 7.58. The second kappa shape index (κ2) is 16.5. The molecule has 4 heterocycles. The van der Waals surface area contributed by atoms with Crippen LogP contribution in [0.2, 0.25) is 0 Å². The second-order valence-electron chi connectivity index (χ2n) is 10.8. The summed E-state index contributed by atoms with van der Waals surface area (Å²) in [6.07, 6.45) is 4.22. The van der Waals surface area contributed by atoms with Crippen LogP contribution in [0.15, 0.2) is 44.2 Å². The molecule has 0 bridgehead atoms. The van der Waals surface area contributed by atoms with Gasteiger partial charge in [-0.15, -0.1) is 0 Å². The van der Waals surface area contributed by atoms with Gasteiger partial charge in [-0.1, -0.05) is 38.9 Å². The van der Waals surface area contributed by atoms with Crippen LogP contribution < -0.4 is 27.0 Å². The Morgan fingerprint density at radius 2 is 1.79 bits per heavy atom. The van der Waals surface area contributed by atoms with Crippen LogP contribution in [0.5, 0.6) is 0 Å². The average molecular weight is 708 g/mol. The number of nitrogens with zero attached hydrogens (tertiary/aromatic N) is 6. The van der Waals surface area contributed by atoms with Crippen molar-refractivity contribution in [3.63, 3.8) is 0 Å². The topological polar surface area (TPSA) is 245 Å². The predicted molar refractivity (Wildman–Crippen MR) is 174 cm³/mol. The molecule has 1 fully saturated rings. The first-order valence-corrected chi connectivity index (χ1v) is 17.3. The van der Waals surface area contributed by atoms with Gasteiger partial charge in [0.1, 0.15) is 44.4 Å². The Kier molecular flexibility index (Phi) is 11.9. The van der Waals surface area contributed by atoms with Crippen LogP contribution in [0.3, 0.4) is 0 Å². The maximum absolute atomic E-state index is 12.2. The van der Waals surface area contributed by atoms with Gasteiger partial charge in [-0.2, -0.15) is 0 Å². The van der Waals surface area contributed by atoms with E-state index >= 15 is 0 Å². The number of nitrogens with one attached hydrogen (secondary N) is 3. The number of fused-ring (bicyclic) bond motifs is 1. The minimum atomic E-state index is -0.937. The Bertz CT molecular complexity index is 1730. The van der Waals surface area contributed by atoms with Gasteiger partial charge in [0.05, 0.1) is 25.1 Å². The third kappa shape index (κ3) is 8.85. The number of carbonyl (C=O) groups is 2. The summed E-state index contributed by atoms with van der Waals surface area (Å²) in [7, 11) is 2.83. The molecule has 48 heavy (non-hydrogen) atoms. The standard InChI is InChI=1S/C27H33N9O10S2/c1-15-10-35(25(39)32-23(15)37)20-9-18(33-34-28)19(46-20)12-45-27(41)43-5-7-48-47-6-4-42-26(40)44-11-16-2-3-17(8-16)36-14-31-21-22(36)29-13-30-24(21)38/h2-3,10,13,16-20,31H,4-9,11-12,14H2,1H3,(H,29,30,38)(H,32,37,39)/t16-,17?,18+,19-,20-/m1/s1. The molecule has 1 unspecified atom stereocenters. The Morgan fingerprint density at radius 1 is 1.06 bits per heavy atom. The Labute approximate surface area is 279 Å². The van der Waals surface area contributed by atoms with Crippen molar-refractivity contribution in [2.75, 3.05) is 54.8 Å². The molecule has 0 radical (unpaired) electrons. The zero-order valence-electron chi connectivity index (χ0n) is 25.6. The lowest BCUT2D eigenvalue weighted by Crippen LogP contribution is -2.33. The van der Waals surface area contributed by atoms with Gasteiger partial charge in [0, 0.05) is 40.5 Å². The quantitative estimate of drug-likeness (QED) is 0.0485. The molecular formula is C27H33N9O10S2. The van der Waals surface area contributed by atoms with E-state index in [1.54, 1.807) is 0 Å². The van der Waals surface area contributed by atoms with Gasteiger partial charge >= 0.3 is 18.0 Å². The summed E-state index contributed by atoms with van der Waals surface area (Å²) in [4.78, 5) is 73.7. The number of aromatic nitrogens is 4. The fraction of sp³-hybridized carbons (Fsp3) is 0.556. The molecule has 0 spiro atoms. The highest BCUT2D eigenvalue weighted by atomic mass is 33.1. The third-order valence-corrected chi connectivity index (χ3v) is 9.91. The minimum Gasteiger partial charge on any atom is -0.434 e. The van der Waals surface area contributed by atoms with Crippen LogP contribution in [0.25, 0.3) is 10.4 Å². The second-order valence-corrected chi connectivity index (χ2v) is 13.5. The van der Waals surface area contributed by atoms with Crippen molar-refractivity contribution >= 4 is 45.4 Å². The highest BCUT2D eigenvalue weighted by Crippen LogP contribution is 2.32. The molecule has 1 aliphatic carbocycles.